The molecule has 2 nitrogen and oxygen atoms in total. The summed E-state index contributed by atoms with van der Waals surface area (Å²) in [4.78, 5) is 0. The van der Waals surface area contributed by atoms with Crippen LogP contribution in [-0.4, -0.2) is 6.61 Å². The van der Waals surface area contributed by atoms with Crippen LogP contribution in [0.3, 0.4) is 0 Å². The topological polar surface area (TPSA) is 33.0 Å². The van der Waals surface area contributed by atoms with Gasteiger partial charge in [0, 0.05) is 0 Å². The zero-order valence-corrected chi connectivity index (χ0v) is 5.71. The van der Waals surface area contributed by atoms with E-state index in [-0.39, 0.29) is 6.61 Å². The number of rotatable bonds is 2. The highest BCUT2D eigenvalue weighted by atomic mass is 16.5. The summed E-state index contributed by atoms with van der Waals surface area (Å²) in [6, 6.07) is 1.92. The third-order valence-electron chi connectivity index (χ3n) is 1.26. The lowest BCUT2D eigenvalue weighted by Gasteiger charge is -2.04. The largest absolute Gasteiger partial charge is 0.479 e. The molecule has 0 spiro atoms. The summed E-state index contributed by atoms with van der Waals surface area (Å²) in [5.74, 6) is 0.827. The maximum atomic E-state index is 8.17. The molecule has 0 heterocycles. The molecular formula is C8H9NO. The Kier molecular flexibility index (Phi) is 2.57. The van der Waals surface area contributed by atoms with E-state index in [9.17, 15) is 0 Å². The van der Waals surface area contributed by atoms with Gasteiger partial charge in [-0.15, -0.1) is 0 Å². The minimum atomic E-state index is 0.149. The minimum absolute atomic E-state index is 0.149. The van der Waals surface area contributed by atoms with Crippen LogP contribution in [0.15, 0.2) is 24.0 Å². The molecule has 0 atom stereocenters. The number of hydrogen-bond acceptors (Lipinski definition) is 2. The zero-order chi connectivity index (χ0) is 7.23. The molecule has 0 fully saturated rings. The third kappa shape index (κ3) is 1.94. The van der Waals surface area contributed by atoms with E-state index in [1.54, 1.807) is 0 Å². The standard InChI is InChI=1S/C8H9NO/c9-6-7-10-8-4-2-1-3-5-8/h2,4-5H,1,3,7H2. The van der Waals surface area contributed by atoms with Crippen molar-refractivity contribution in [2.75, 3.05) is 6.61 Å². The highest BCUT2D eigenvalue weighted by Crippen LogP contribution is 2.09. The van der Waals surface area contributed by atoms with Gasteiger partial charge in [-0.1, -0.05) is 6.08 Å². The van der Waals surface area contributed by atoms with Gasteiger partial charge in [-0.05, 0) is 25.0 Å². The number of allylic oxidation sites excluding steroid dienone is 3. The van der Waals surface area contributed by atoms with E-state index in [1.807, 2.05) is 24.3 Å². The lowest BCUT2D eigenvalue weighted by atomic mass is 10.2. The summed E-state index contributed by atoms with van der Waals surface area (Å²) in [5, 5.41) is 8.17. The Bertz CT molecular complexity index is 198. The fourth-order valence-corrected chi connectivity index (χ4v) is 0.812. The van der Waals surface area contributed by atoms with Crippen molar-refractivity contribution in [3.63, 3.8) is 0 Å². The van der Waals surface area contributed by atoms with Crippen LogP contribution in [-0.2, 0) is 4.74 Å². The van der Waals surface area contributed by atoms with Gasteiger partial charge in [0.25, 0.3) is 0 Å². The Balaban J connectivity index is 2.34. The van der Waals surface area contributed by atoms with Gasteiger partial charge in [0.15, 0.2) is 6.61 Å². The van der Waals surface area contributed by atoms with Gasteiger partial charge < -0.3 is 4.74 Å². The number of nitriles is 1. The molecule has 1 aliphatic rings. The van der Waals surface area contributed by atoms with Crippen LogP contribution in [0.25, 0.3) is 0 Å². The van der Waals surface area contributed by atoms with E-state index in [4.69, 9.17) is 10.00 Å². The second kappa shape index (κ2) is 3.73. The maximum absolute atomic E-state index is 8.17. The second-order valence-electron chi connectivity index (χ2n) is 2.03. The average Bonchev–Trinajstić information content (AvgIpc) is 2.03. The smallest absolute Gasteiger partial charge is 0.174 e. The van der Waals surface area contributed by atoms with E-state index in [1.165, 1.54) is 0 Å². The molecule has 0 N–H and O–H groups in total. The first kappa shape index (κ1) is 6.88. The van der Waals surface area contributed by atoms with Crippen LogP contribution < -0.4 is 0 Å². The Morgan fingerprint density at radius 2 is 2.50 bits per heavy atom. The van der Waals surface area contributed by atoms with Crippen molar-refractivity contribution in [3.05, 3.63) is 24.0 Å². The normalized spacial score (nSPS) is 15.7. The molecule has 0 aromatic carbocycles. The van der Waals surface area contributed by atoms with Gasteiger partial charge in [-0.2, -0.15) is 5.26 Å². The first-order valence-electron chi connectivity index (χ1n) is 3.30. The molecule has 1 aliphatic carbocycles. The van der Waals surface area contributed by atoms with Crippen LogP contribution >= 0.6 is 0 Å². The molecule has 1 rings (SSSR count). The Labute approximate surface area is 60.4 Å². The summed E-state index contributed by atoms with van der Waals surface area (Å²) in [5.41, 5.74) is 0. The Hall–Kier alpha value is -1.23. The fourth-order valence-electron chi connectivity index (χ4n) is 0.812. The van der Waals surface area contributed by atoms with Gasteiger partial charge >= 0.3 is 0 Å². The van der Waals surface area contributed by atoms with Crippen LogP contribution in [0.1, 0.15) is 12.8 Å². The highest BCUT2D eigenvalue weighted by molar-refractivity contribution is 5.16. The molecule has 2 heteroatoms. The quantitative estimate of drug-likeness (QED) is 0.578. The van der Waals surface area contributed by atoms with Crippen LogP contribution in [0, 0.1) is 11.3 Å². The molecule has 0 bridgehead atoms. The summed E-state index contributed by atoms with van der Waals surface area (Å²) in [6.45, 7) is 0.149. The van der Waals surface area contributed by atoms with Crippen LogP contribution in [0.5, 0.6) is 0 Å². The predicted octanol–water partition coefficient (Wildman–Crippen LogP) is 1.76. The van der Waals surface area contributed by atoms with Crippen molar-refractivity contribution >= 4 is 0 Å². The SMILES string of the molecule is N#CCOC1=CCCC=C1. The monoisotopic (exact) mass is 135 g/mol. The molecule has 0 aliphatic heterocycles. The number of nitrogens with zero attached hydrogens (tertiary/aromatic N) is 1. The molecule has 0 radical (unpaired) electrons. The molecule has 0 aromatic rings. The molecule has 0 amide bonds. The maximum Gasteiger partial charge on any atom is 0.174 e. The lowest BCUT2D eigenvalue weighted by Crippen LogP contribution is -1.92. The van der Waals surface area contributed by atoms with Gasteiger partial charge in [-0.3, -0.25) is 0 Å². The van der Waals surface area contributed by atoms with Crippen molar-refractivity contribution in [2.24, 2.45) is 0 Å². The van der Waals surface area contributed by atoms with Gasteiger partial charge in [-0.25, -0.2) is 0 Å². The van der Waals surface area contributed by atoms with Gasteiger partial charge in [0.05, 0.1) is 0 Å². The van der Waals surface area contributed by atoms with E-state index in [0.29, 0.717) is 0 Å². The second-order valence-corrected chi connectivity index (χ2v) is 2.03. The van der Waals surface area contributed by atoms with Crippen LogP contribution in [0.2, 0.25) is 0 Å². The summed E-state index contributed by atoms with van der Waals surface area (Å²) in [7, 11) is 0. The lowest BCUT2D eigenvalue weighted by molar-refractivity contribution is 0.263. The van der Waals surface area contributed by atoms with E-state index in [2.05, 4.69) is 0 Å². The van der Waals surface area contributed by atoms with Crippen molar-refractivity contribution in [1.29, 1.82) is 5.26 Å². The third-order valence-corrected chi connectivity index (χ3v) is 1.26. The fraction of sp³-hybridized carbons (Fsp3) is 0.375. The number of hydrogen-bond donors (Lipinski definition) is 0. The van der Waals surface area contributed by atoms with Crippen molar-refractivity contribution in [1.82, 2.24) is 0 Å². The predicted molar refractivity (Wildman–Crippen MR) is 38.0 cm³/mol. The van der Waals surface area contributed by atoms with Crippen molar-refractivity contribution in [2.45, 2.75) is 12.8 Å². The molecule has 52 valence electrons. The minimum Gasteiger partial charge on any atom is -0.479 e. The van der Waals surface area contributed by atoms with Crippen LogP contribution in [0.4, 0.5) is 0 Å². The first-order chi connectivity index (χ1) is 4.93. The highest BCUT2D eigenvalue weighted by Gasteiger charge is 1.95. The molecule has 0 saturated heterocycles. The Morgan fingerprint density at radius 1 is 1.60 bits per heavy atom. The number of ether oxygens (including phenoxy) is 1. The Morgan fingerprint density at radius 3 is 3.10 bits per heavy atom. The summed E-state index contributed by atoms with van der Waals surface area (Å²) in [6.07, 6.45) is 8.06. The zero-order valence-electron chi connectivity index (χ0n) is 5.71. The molecule has 0 saturated carbocycles. The van der Waals surface area contributed by atoms with Gasteiger partial charge in [0.1, 0.15) is 11.8 Å². The first-order valence-corrected chi connectivity index (χ1v) is 3.30. The molecule has 0 unspecified atom stereocenters. The van der Waals surface area contributed by atoms with E-state index in [0.717, 1.165) is 18.6 Å². The summed E-state index contributed by atoms with van der Waals surface area (Å²) >= 11 is 0. The van der Waals surface area contributed by atoms with Gasteiger partial charge in [0.2, 0.25) is 0 Å². The van der Waals surface area contributed by atoms with E-state index < -0.39 is 0 Å². The van der Waals surface area contributed by atoms with E-state index >= 15 is 0 Å². The molecular weight excluding hydrogens is 126 g/mol. The van der Waals surface area contributed by atoms with Crippen molar-refractivity contribution < 1.29 is 4.74 Å². The molecule has 10 heavy (non-hydrogen) atoms. The van der Waals surface area contributed by atoms with Crippen molar-refractivity contribution in [3.8, 4) is 6.07 Å². The summed E-state index contributed by atoms with van der Waals surface area (Å²) < 4.78 is 5.05. The molecule has 0 aromatic heterocycles. The average molecular weight is 135 g/mol.